The Hall–Kier alpha value is -1.50. The molecule has 1 rings (SSSR count). The van der Waals surface area contributed by atoms with E-state index < -0.39 is 0 Å². The maximum atomic E-state index is 11.6. The lowest BCUT2D eigenvalue weighted by Crippen LogP contribution is -2.48. The summed E-state index contributed by atoms with van der Waals surface area (Å²) in [5, 5.41) is 3.26. The Balaban J connectivity index is 2.21. The predicted octanol–water partition coefficient (Wildman–Crippen LogP) is 1.24. The number of guanidine groups is 1. The fraction of sp³-hybridized carbons (Fsp3) is 0.875. The van der Waals surface area contributed by atoms with Crippen LogP contribution in [0.5, 0.6) is 0 Å². The molecule has 0 saturated carbocycles. The Morgan fingerprint density at radius 2 is 1.96 bits per heavy atom. The Morgan fingerprint density at radius 1 is 1.30 bits per heavy atom. The number of piperidine rings is 1. The summed E-state index contributed by atoms with van der Waals surface area (Å²) in [5.41, 5.74) is 5.95. The first-order chi connectivity index (χ1) is 11.1. The van der Waals surface area contributed by atoms with Gasteiger partial charge in [-0.15, -0.1) is 0 Å². The van der Waals surface area contributed by atoms with Gasteiger partial charge in [-0.1, -0.05) is 13.8 Å². The molecule has 0 atom stereocenters. The summed E-state index contributed by atoms with van der Waals surface area (Å²) < 4.78 is 5.02. The highest BCUT2D eigenvalue weighted by Crippen LogP contribution is 2.11. The summed E-state index contributed by atoms with van der Waals surface area (Å²) in [5.74, 6) is 0.513. The summed E-state index contributed by atoms with van der Waals surface area (Å²) in [6.07, 6.45) is 2.54. The number of aliphatic imine (C=N–C) groups is 1. The van der Waals surface area contributed by atoms with Crippen LogP contribution >= 0.6 is 0 Å². The fourth-order valence-electron chi connectivity index (χ4n) is 2.71. The van der Waals surface area contributed by atoms with Crippen LogP contribution in [0, 0.1) is 0 Å². The lowest BCUT2D eigenvalue weighted by Gasteiger charge is -2.31. The van der Waals surface area contributed by atoms with Gasteiger partial charge in [0.25, 0.3) is 0 Å². The summed E-state index contributed by atoms with van der Waals surface area (Å²) >= 11 is 0. The van der Waals surface area contributed by atoms with Crippen molar-refractivity contribution in [1.82, 2.24) is 15.1 Å². The van der Waals surface area contributed by atoms with E-state index in [1.165, 1.54) is 0 Å². The number of carbonyl (C=O) groups is 1. The monoisotopic (exact) mass is 327 g/mol. The Morgan fingerprint density at radius 3 is 2.52 bits per heavy atom. The SMILES string of the molecule is CCOC(=O)N1CCC(NC(N)=NCCCN(CC)CC)CC1. The van der Waals surface area contributed by atoms with Crippen LogP contribution in [0.3, 0.4) is 0 Å². The molecule has 1 heterocycles. The molecule has 0 bridgehead atoms. The van der Waals surface area contributed by atoms with E-state index >= 15 is 0 Å². The molecule has 23 heavy (non-hydrogen) atoms. The molecule has 1 fully saturated rings. The van der Waals surface area contributed by atoms with Gasteiger partial charge in [0.1, 0.15) is 0 Å². The van der Waals surface area contributed by atoms with Gasteiger partial charge in [-0.05, 0) is 45.8 Å². The van der Waals surface area contributed by atoms with Crippen molar-refractivity contribution in [2.24, 2.45) is 10.7 Å². The number of nitrogens with two attached hydrogens (primary N) is 1. The molecule has 1 aliphatic heterocycles. The van der Waals surface area contributed by atoms with E-state index in [0.29, 0.717) is 25.7 Å². The fourth-order valence-corrected chi connectivity index (χ4v) is 2.71. The molecule has 1 aliphatic rings. The van der Waals surface area contributed by atoms with Gasteiger partial charge in [-0.3, -0.25) is 4.99 Å². The lowest BCUT2D eigenvalue weighted by molar-refractivity contribution is 0.0963. The molecule has 1 saturated heterocycles. The number of ether oxygens (including phenoxy) is 1. The first-order valence-corrected chi connectivity index (χ1v) is 8.81. The third kappa shape index (κ3) is 7.54. The van der Waals surface area contributed by atoms with Gasteiger partial charge in [0.2, 0.25) is 0 Å². The Labute approximate surface area is 140 Å². The standard InChI is InChI=1S/C16H33N5O2/c1-4-20(5-2)11-7-10-18-15(17)19-14-8-12-21(13-9-14)16(22)23-6-3/h14H,4-13H2,1-3H3,(H3,17,18,19). The normalized spacial score (nSPS) is 16.7. The quantitative estimate of drug-likeness (QED) is 0.398. The van der Waals surface area contributed by atoms with Gasteiger partial charge in [0.05, 0.1) is 6.61 Å². The molecule has 0 aromatic carbocycles. The van der Waals surface area contributed by atoms with Gasteiger partial charge in [0, 0.05) is 25.7 Å². The van der Waals surface area contributed by atoms with E-state index in [0.717, 1.165) is 45.4 Å². The number of amides is 1. The number of likely N-dealkylation sites (tertiary alicyclic amines) is 1. The summed E-state index contributed by atoms with van der Waals surface area (Å²) in [4.78, 5) is 20.2. The van der Waals surface area contributed by atoms with Crippen molar-refractivity contribution in [3.63, 3.8) is 0 Å². The predicted molar refractivity (Wildman–Crippen MR) is 93.6 cm³/mol. The van der Waals surface area contributed by atoms with Crippen LogP contribution < -0.4 is 11.1 Å². The topological polar surface area (TPSA) is 83.2 Å². The van der Waals surface area contributed by atoms with Gasteiger partial charge >= 0.3 is 6.09 Å². The van der Waals surface area contributed by atoms with E-state index in [4.69, 9.17) is 10.5 Å². The van der Waals surface area contributed by atoms with Crippen molar-refractivity contribution < 1.29 is 9.53 Å². The average molecular weight is 327 g/mol. The largest absolute Gasteiger partial charge is 0.450 e. The number of hydrogen-bond donors (Lipinski definition) is 2. The van der Waals surface area contributed by atoms with Crippen molar-refractivity contribution in [3.05, 3.63) is 0 Å². The number of hydrogen-bond acceptors (Lipinski definition) is 4. The molecule has 7 heteroatoms. The molecule has 0 aliphatic carbocycles. The third-order valence-corrected chi connectivity index (χ3v) is 4.18. The molecular weight excluding hydrogens is 294 g/mol. The molecule has 1 amide bonds. The average Bonchev–Trinajstić information content (AvgIpc) is 2.56. The highest BCUT2D eigenvalue weighted by Gasteiger charge is 2.23. The van der Waals surface area contributed by atoms with Crippen molar-refractivity contribution in [2.45, 2.75) is 46.1 Å². The number of rotatable bonds is 8. The number of nitrogens with one attached hydrogen (secondary N) is 1. The zero-order chi connectivity index (χ0) is 17.1. The van der Waals surface area contributed by atoms with E-state index in [1.807, 2.05) is 6.92 Å². The summed E-state index contributed by atoms with van der Waals surface area (Å²) in [6.45, 7) is 11.9. The smallest absolute Gasteiger partial charge is 0.409 e. The van der Waals surface area contributed by atoms with Gasteiger partial charge in [0.15, 0.2) is 5.96 Å². The van der Waals surface area contributed by atoms with Crippen molar-refractivity contribution in [2.75, 3.05) is 45.9 Å². The van der Waals surface area contributed by atoms with Crippen molar-refractivity contribution in [3.8, 4) is 0 Å². The van der Waals surface area contributed by atoms with E-state index in [9.17, 15) is 4.79 Å². The molecule has 3 N–H and O–H groups in total. The molecular formula is C16H33N5O2. The number of nitrogens with zero attached hydrogens (tertiary/aromatic N) is 3. The second-order valence-corrected chi connectivity index (χ2v) is 5.75. The lowest BCUT2D eigenvalue weighted by atomic mass is 10.1. The van der Waals surface area contributed by atoms with E-state index in [2.05, 4.69) is 29.1 Å². The second-order valence-electron chi connectivity index (χ2n) is 5.75. The van der Waals surface area contributed by atoms with Crippen LogP contribution in [0.15, 0.2) is 4.99 Å². The minimum absolute atomic E-state index is 0.219. The zero-order valence-corrected chi connectivity index (χ0v) is 14.9. The Kier molecular flexibility index (Phi) is 9.43. The first-order valence-electron chi connectivity index (χ1n) is 8.81. The maximum absolute atomic E-state index is 11.6. The van der Waals surface area contributed by atoms with Crippen molar-refractivity contribution in [1.29, 1.82) is 0 Å². The summed E-state index contributed by atoms with van der Waals surface area (Å²) in [7, 11) is 0. The van der Waals surface area contributed by atoms with E-state index in [1.54, 1.807) is 4.90 Å². The van der Waals surface area contributed by atoms with Gasteiger partial charge in [-0.2, -0.15) is 0 Å². The van der Waals surface area contributed by atoms with Gasteiger partial charge < -0.3 is 25.6 Å². The van der Waals surface area contributed by atoms with Crippen LogP contribution in [0.25, 0.3) is 0 Å². The summed E-state index contributed by atoms with van der Waals surface area (Å²) in [6, 6.07) is 0.284. The van der Waals surface area contributed by atoms with Crippen LogP contribution in [-0.2, 0) is 4.74 Å². The van der Waals surface area contributed by atoms with Crippen molar-refractivity contribution >= 4 is 12.1 Å². The molecule has 0 spiro atoms. The van der Waals surface area contributed by atoms with Crippen LogP contribution in [0.2, 0.25) is 0 Å². The molecule has 0 radical (unpaired) electrons. The molecule has 134 valence electrons. The minimum Gasteiger partial charge on any atom is -0.450 e. The number of carbonyl (C=O) groups excluding carboxylic acids is 1. The van der Waals surface area contributed by atoms with Gasteiger partial charge in [-0.25, -0.2) is 4.79 Å². The van der Waals surface area contributed by atoms with Crippen LogP contribution in [-0.4, -0.2) is 73.8 Å². The van der Waals surface area contributed by atoms with Crippen LogP contribution in [0.1, 0.15) is 40.0 Å². The molecule has 7 nitrogen and oxygen atoms in total. The second kappa shape index (κ2) is 11.1. The molecule has 0 unspecified atom stereocenters. The van der Waals surface area contributed by atoms with E-state index in [-0.39, 0.29) is 12.1 Å². The highest BCUT2D eigenvalue weighted by molar-refractivity contribution is 5.78. The Bertz CT molecular complexity index is 363. The third-order valence-electron chi connectivity index (χ3n) is 4.18. The maximum Gasteiger partial charge on any atom is 0.409 e. The van der Waals surface area contributed by atoms with Crippen LogP contribution in [0.4, 0.5) is 4.79 Å². The zero-order valence-electron chi connectivity index (χ0n) is 14.9. The molecule has 0 aromatic rings. The first kappa shape index (κ1) is 19.5. The minimum atomic E-state index is -0.219. The highest BCUT2D eigenvalue weighted by atomic mass is 16.6. The molecule has 0 aromatic heterocycles.